The number of Topliss-reactive ketones (excluding diaryl/α,β-unsaturated/α-hetero) is 1. The standard InChI is InChI=1S/C23H21N5O5/c24-20-16-3-1-14(9-13(16)11-26-20)27-22(31)18(29)19-23(32)28(7-8-33-19)15-2-4-17-12(10-15)5-6-25-21(17)30/h1-4,9-10,19H,5-8,11H2,(H2,24,26)(H,25,30)(H,27,31)/t19-/m1/s1. The maximum absolute atomic E-state index is 13.0. The molecule has 3 aliphatic rings. The predicted octanol–water partition coefficient (Wildman–Crippen LogP) is 0.131. The quantitative estimate of drug-likeness (QED) is 0.449. The Hall–Kier alpha value is -4.05. The van der Waals surface area contributed by atoms with Crippen molar-refractivity contribution in [3.63, 3.8) is 0 Å². The molecule has 10 heteroatoms. The maximum Gasteiger partial charge on any atom is 0.295 e. The molecule has 0 aliphatic carbocycles. The average molecular weight is 447 g/mol. The van der Waals surface area contributed by atoms with Gasteiger partial charge in [0.2, 0.25) is 6.10 Å². The van der Waals surface area contributed by atoms with Crippen molar-refractivity contribution in [3.8, 4) is 0 Å². The van der Waals surface area contributed by atoms with Gasteiger partial charge in [-0.2, -0.15) is 0 Å². The van der Waals surface area contributed by atoms with Crippen molar-refractivity contribution in [1.82, 2.24) is 5.32 Å². The topological polar surface area (TPSA) is 143 Å². The van der Waals surface area contributed by atoms with E-state index < -0.39 is 23.7 Å². The van der Waals surface area contributed by atoms with Crippen molar-refractivity contribution < 1.29 is 23.9 Å². The van der Waals surface area contributed by atoms with Crippen LogP contribution in [0.2, 0.25) is 0 Å². The minimum absolute atomic E-state index is 0.0997. The summed E-state index contributed by atoms with van der Waals surface area (Å²) in [5.41, 5.74) is 9.80. The molecule has 3 aliphatic heterocycles. The van der Waals surface area contributed by atoms with E-state index >= 15 is 0 Å². The van der Waals surface area contributed by atoms with Crippen LogP contribution in [0.4, 0.5) is 11.4 Å². The van der Waals surface area contributed by atoms with E-state index in [1.54, 1.807) is 36.4 Å². The van der Waals surface area contributed by atoms with Crippen molar-refractivity contribution in [1.29, 1.82) is 0 Å². The Morgan fingerprint density at radius 1 is 1.12 bits per heavy atom. The molecule has 2 aromatic carbocycles. The van der Waals surface area contributed by atoms with Crippen LogP contribution in [-0.2, 0) is 32.1 Å². The van der Waals surface area contributed by atoms with Gasteiger partial charge in [-0.15, -0.1) is 0 Å². The zero-order chi connectivity index (χ0) is 23.1. The lowest BCUT2D eigenvalue weighted by Crippen LogP contribution is -2.53. The molecule has 0 saturated carbocycles. The highest BCUT2D eigenvalue weighted by atomic mass is 16.5. The molecule has 1 fully saturated rings. The summed E-state index contributed by atoms with van der Waals surface area (Å²) in [4.78, 5) is 55.9. The summed E-state index contributed by atoms with van der Waals surface area (Å²) >= 11 is 0. The van der Waals surface area contributed by atoms with Gasteiger partial charge in [-0.05, 0) is 53.9 Å². The molecular formula is C23H21N5O5. The summed E-state index contributed by atoms with van der Waals surface area (Å²) < 4.78 is 5.38. The molecule has 168 valence electrons. The third-order valence-corrected chi connectivity index (χ3v) is 5.94. The lowest BCUT2D eigenvalue weighted by atomic mass is 9.99. The number of amides is 3. The van der Waals surface area contributed by atoms with Gasteiger partial charge in [0.05, 0.1) is 13.2 Å². The van der Waals surface area contributed by atoms with Crippen LogP contribution in [0.15, 0.2) is 41.4 Å². The zero-order valence-electron chi connectivity index (χ0n) is 17.6. The van der Waals surface area contributed by atoms with Crippen molar-refractivity contribution >= 4 is 40.7 Å². The largest absolute Gasteiger partial charge is 0.383 e. The molecule has 0 spiro atoms. The number of hydrogen-bond donors (Lipinski definition) is 3. The summed E-state index contributed by atoms with van der Waals surface area (Å²) in [5.74, 6) is -2.25. The number of ether oxygens (including phenoxy) is 1. The van der Waals surface area contributed by atoms with Gasteiger partial charge in [0.25, 0.3) is 23.5 Å². The summed E-state index contributed by atoms with van der Waals surface area (Å²) in [5, 5.41) is 5.30. The third kappa shape index (κ3) is 3.74. The fraction of sp³-hybridized carbons (Fsp3) is 0.261. The van der Waals surface area contributed by atoms with Gasteiger partial charge in [0, 0.05) is 35.6 Å². The minimum Gasteiger partial charge on any atom is -0.383 e. The molecule has 3 heterocycles. The summed E-state index contributed by atoms with van der Waals surface area (Å²) in [6, 6.07) is 10.1. The predicted molar refractivity (Wildman–Crippen MR) is 119 cm³/mol. The zero-order valence-corrected chi connectivity index (χ0v) is 17.6. The van der Waals surface area contributed by atoms with Crippen LogP contribution in [0.1, 0.15) is 27.0 Å². The molecule has 10 nitrogen and oxygen atoms in total. The lowest BCUT2D eigenvalue weighted by molar-refractivity contribution is -0.150. The normalized spacial score (nSPS) is 19.3. The minimum atomic E-state index is -1.54. The second kappa shape index (κ2) is 8.14. The molecular weight excluding hydrogens is 426 g/mol. The first-order valence-corrected chi connectivity index (χ1v) is 10.5. The Labute approximate surface area is 188 Å². The molecule has 3 amide bonds. The molecule has 1 atom stereocenters. The number of hydrogen-bond acceptors (Lipinski definition) is 7. The van der Waals surface area contributed by atoms with Crippen LogP contribution in [0.5, 0.6) is 0 Å². The van der Waals surface area contributed by atoms with Gasteiger partial charge in [-0.25, -0.2) is 0 Å². The lowest BCUT2D eigenvalue weighted by Gasteiger charge is -2.32. The van der Waals surface area contributed by atoms with Gasteiger partial charge >= 0.3 is 0 Å². The van der Waals surface area contributed by atoms with Gasteiger partial charge in [-0.3, -0.25) is 24.2 Å². The first kappa shape index (κ1) is 20.8. The first-order chi connectivity index (χ1) is 15.9. The third-order valence-electron chi connectivity index (χ3n) is 5.94. The Balaban J connectivity index is 1.30. The molecule has 5 rings (SSSR count). The van der Waals surface area contributed by atoms with Crippen molar-refractivity contribution in [3.05, 3.63) is 58.7 Å². The number of benzene rings is 2. The summed E-state index contributed by atoms with van der Waals surface area (Å²) in [6.07, 6.45) is -0.887. The average Bonchev–Trinajstić information content (AvgIpc) is 3.18. The van der Waals surface area contributed by atoms with Crippen molar-refractivity contribution in [2.45, 2.75) is 19.1 Å². The van der Waals surface area contributed by atoms with E-state index in [2.05, 4.69) is 15.6 Å². The number of nitrogens with one attached hydrogen (secondary N) is 2. The number of aliphatic imine (C=N–C) groups is 1. The molecule has 2 aromatic rings. The van der Waals surface area contributed by atoms with Gasteiger partial charge in [0.1, 0.15) is 5.84 Å². The van der Waals surface area contributed by atoms with E-state index in [4.69, 9.17) is 10.5 Å². The van der Waals surface area contributed by atoms with Crippen LogP contribution >= 0.6 is 0 Å². The smallest absolute Gasteiger partial charge is 0.295 e. The maximum atomic E-state index is 13.0. The highest BCUT2D eigenvalue weighted by molar-refractivity contribution is 6.46. The number of carbonyl (C=O) groups is 4. The Morgan fingerprint density at radius 3 is 2.79 bits per heavy atom. The fourth-order valence-electron chi connectivity index (χ4n) is 4.23. The number of carbonyl (C=O) groups excluding carboxylic acids is 4. The van der Waals surface area contributed by atoms with E-state index in [9.17, 15) is 19.2 Å². The second-order valence-electron chi connectivity index (χ2n) is 7.98. The molecule has 4 N–H and O–H groups in total. The molecule has 1 saturated heterocycles. The van der Waals surface area contributed by atoms with E-state index in [-0.39, 0.29) is 19.1 Å². The second-order valence-corrected chi connectivity index (χ2v) is 7.98. The highest BCUT2D eigenvalue weighted by Crippen LogP contribution is 2.25. The highest BCUT2D eigenvalue weighted by Gasteiger charge is 2.39. The number of amidine groups is 1. The molecule has 0 radical (unpaired) electrons. The van der Waals surface area contributed by atoms with Gasteiger partial charge in [-0.1, -0.05) is 0 Å². The van der Waals surface area contributed by atoms with Crippen LogP contribution in [0.3, 0.4) is 0 Å². The van der Waals surface area contributed by atoms with Crippen LogP contribution < -0.4 is 21.3 Å². The van der Waals surface area contributed by atoms with E-state index in [0.717, 1.165) is 16.7 Å². The van der Waals surface area contributed by atoms with Crippen LogP contribution in [0, 0.1) is 0 Å². The first-order valence-electron chi connectivity index (χ1n) is 10.5. The number of morpholine rings is 1. The fourth-order valence-corrected chi connectivity index (χ4v) is 4.23. The summed E-state index contributed by atoms with van der Waals surface area (Å²) in [7, 11) is 0. The molecule has 0 aromatic heterocycles. The number of nitrogens with zero attached hydrogens (tertiary/aromatic N) is 2. The Bertz CT molecular complexity index is 1240. The van der Waals surface area contributed by atoms with Crippen molar-refractivity contribution in [2.75, 3.05) is 29.9 Å². The summed E-state index contributed by atoms with van der Waals surface area (Å²) in [6.45, 7) is 1.26. The number of nitrogens with two attached hydrogens (primary N) is 1. The Morgan fingerprint density at radius 2 is 1.94 bits per heavy atom. The van der Waals surface area contributed by atoms with E-state index in [1.165, 1.54) is 4.90 Å². The number of fused-ring (bicyclic) bond motifs is 2. The van der Waals surface area contributed by atoms with Gasteiger partial charge in [0.15, 0.2) is 0 Å². The van der Waals surface area contributed by atoms with E-state index in [0.29, 0.717) is 42.3 Å². The van der Waals surface area contributed by atoms with E-state index in [1.807, 2.05) is 0 Å². The molecule has 0 unspecified atom stereocenters. The van der Waals surface area contributed by atoms with Gasteiger partial charge < -0.3 is 26.0 Å². The van der Waals surface area contributed by atoms with Crippen LogP contribution in [0.25, 0.3) is 0 Å². The molecule has 33 heavy (non-hydrogen) atoms. The Kier molecular flexibility index (Phi) is 5.14. The van der Waals surface area contributed by atoms with Crippen LogP contribution in [-0.4, -0.2) is 55.1 Å². The molecule has 0 bridgehead atoms. The number of anilines is 2. The number of rotatable bonds is 4. The van der Waals surface area contributed by atoms with Crippen molar-refractivity contribution in [2.24, 2.45) is 10.7 Å². The monoisotopic (exact) mass is 447 g/mol. The SMILES string of the molecule is NC1=NCc2cc(NC(=O)C(=O)[C@H]3OCCN(c4ccc5c(c4)CCNC5=O)C3=O)ccc21. The number of ketones is 1.